The summed E-state index contributed by atoms with van der Waals surface area (Å²) < 4.78 is 10.7. The molecule has 1 fully saturated rings. The molecule has 0 amide bonds. The second-order valence-corrected chi connectivity index (χ2v) is 3.86. The molecule has 0 bridgehead atoms. The number of rotatable bonds is 4. The lowest BCUT2D eigenvalue weighted by molar-refractivity contribution is -0.0178. The lowest BCUT2D eigenvalue weighted by atomic mass is 10.0. The van der Waals surface area contributed by atoms with Crippen LogP contribution >= 0.6 is 0 Å². The third kappa shape index (κ3) is 1.84. The molecule has 1 aliphatic rings. The van der Waals surface area contributed by atoms with Crippen molar-refractivity contribution >= 4 is 6.01 Å². The first kappa shape index (κ1) is 10.4. The molecule has 0 aromatic carbocycles. The number of hydrogen-bond donors (Lipinski definition) is 1. The zero-order chi connectivity index (χ0) is 10.7. The zero-order valence-corrected chi connectivity index (χ0v) is 9.25. The fourth-order valence-electron chi connectivity index (χ4n) is 2.10. The van der Waals surface area contributed by atoms with Gasteiger partial charge in [-0.25, -0.2) is 0 Å². The van der Waals surface area contributed by atoms with Crippen LogP contribution in [-0.2, 0) is 10.3 Å². The van der Waals surface area contributed by atoms with Gasteiger partial charge in [0.25, 0.3) is 0 Å². The summed E-state index contributed by atoms with van der Waals surface area (Å²) in [5.74, 6) is 0.679. The van der Waals surface area contributed by atoms with Gasteiger partial charge < -0.3 is 14.6 Å². The van der Waals surface area contributed by atoms with E-state index in [1.54, 1.807) is 7.11 Å². The van der Waals surface area contributed by atoms with Crippen LogP contribution in [0.15, 0.2) is 4.52 Å². The second-order valence-electron chi connectivity index (χ2n) is 3.86. The summed E-state index contributed by atoms with van der Waals surface area (Å²) in [6, 6.07) is 0.482. The third-order valence-electron chi connectivity index (χ3n) is 2.96. The average Bonchev–Trinajstić information content (AvgIpc) is 2.86. The predicted octanol–water partition coefficient (Wildman–Crippen LogP) is 1.92. The van der Waals surface area contributed by atoms with Gasteiger partial charge in [0, 0.05) is 13.7 Å². The van der Waals surface area contributed by atoms with Gasteiger partial charge in [-0.05, 0) is 32.6 Å². The van der Waals surface area contributed by atoms with Crippen molar-refractivity contribution in [1.29, 1.82) is 0 Å². The summed E-state index contributed by atoms with van der Waals surface area (Å²) in [6.45, 7) is 2.77. The Morgan fingerprint density at radius 1 is 1.47 bits per heavy atom. The molecule has 2 rings (SSSR count). The summed E-state index contributed by atoms with van der Waals surface area (Å²) in [5.41, 5.74) is -0.308. The highest BCUT2D eigenvalue weighted by molar-refractivity contribution is 5.20. The van der Waals surface area contributed by atoms with Crippen molar-refractivity contribution in [3.05, 3.63) is 5.82 Å². The number of hydrogen-bond acceptors (Lipinski definition) is 5. The lowest BCUT2D eigenvalue weighted by Gasteiger charge is -2.22. The van der Waals surface area contributed by atoms with Crippen LogP contribution in [0, 0.1) is 0 Å². The number of nitrogens with one attached hydrogen (secondary N) is 1. The predicted molar refractivity (Wildman–Crippen MR) is 55.6 cm³/mol. The molecule has 1 saturated carbocycles. The largest absolute Gasteiger partial charge is 0.370 e. The first-order valence-corrected chi connectivity index (χ1v) is 5.44. The van der Waals surface area contributed by atoms with Gasteiger partial charge in [0.2, 0.25) is 5.82 Å². The Hall–Kier alpha value is -1.10. The van der Waals surface area contributed by atoms with E-state index in [1.807, 2.05) is 6.92 Å². The van der Waals surface area contributed by atoms with Crippen molar-refractivity contribution < 1.29 is 9.26 Å². The molecule has 84 valence electrons. The number of methoxy groups -OCH3 is 1. The van der Waals surface area contributed by atoms with E-state index in [0.717, 1.165) is 19.4 Å². The van der Waals surface area contributed by atoms with Crippen LogP contribution < -0.4 is 5.32 Å². The maximum Gasteiger partial charge on any atom is 0.321 e. The highest BCUT2D eigenvalue weighted by Gasteiger charge is 2.40. The van der Waals surface area contributed by atoms with Gasteiger partial charge in [0.05, 0.1) is 0 Å². The smallest absolute Gasteiger partial charge is 0.321 e. The van der Waals surface area contributed by atoms with Crippen LogP contribution in [-0.4, -0.2) is 23.8 Å². The third-order valence-corrected chi connectivity index (χ3v) is 2.96. The molecule has 15 heavy (non-hydrogen) atoms. The fraction of sp³-hybridized carbons (Fsp3) is 0.800. The number of aromatic nitrogens is 2. The van der Waals surface area contributed by atoms with Crippen LogP contribution in [0.5, 0.6) is 0 Å². The van der Waals surface area contributed by atoms with Crippen molar-refractivity contribution in [3.8, 4) is 0 Å². The Morgan fingerprint density at radius 2 is 2.20 bits per heavy atom. The Morgan fingerprint density at radius 3 is 2.80 bits per heavy atom. The Labute approximate surface area is 89.2 Å². The van der Waals surface area contributed by atoms with E-state index in [9.17, 15) is 0 Å². The maximum absolute atomic E-state index is 5.56. The van der Waals surface area contributed by atoms with E-state index in [2.05, 4.69) is 15.5 Å². The van der Waals surface area contributed by atoms with Gasteiger partial charge in [-0.3, -0.25) is 0 Å². The number of anilines is 1. The Kier molecular flexibility index (Phi) is 2.90. The van der Waals surface area contributed by atoms with Crippen LogP contribution in [0.2, 0.25) is 0 Å². The second kappa shape index (κ2) is 4.18. The maximum atomic E-state index is 5.56. The van der Waals surface area contributed by atoms with E-state index in [-0.39, 0.29) is 5.60 Å². The molecule has 5 heteroatoms. The minimum Gasteiger partial charge on any atom is -0.370 e. The van der Waals surface area contributed by atoms with Crippen LogP contribution in [0.3, 0.4) is 0 Å². The van der Waals surface area contributed by atoms with Crippen molar-refractivity contribution in [2.75, 3.05) is 19.0 Å². The van der Waals surface area contributed by atoms with E-state index >= 15 is 0 Å². The summed E-state index contributed by atoms with van der Waals surface area (Å²) in [5, 5.41) is 6.98. The van der Waals surface area contributed by atoms with Crippen LogP contribution in [0.25, 0.3) is 0 Å². The molecular weight excluding hydrogens is 194 g/mol. The van der Waals surface area contributed by atoms with E-state index in [4.69, 9.17) is 9.26 Å². The van der Waals surface area contributed by atoms with E-state index in [1.165, 1.54) is 12.8 Å². The topological polar surface area (TPSA) is 60.2 Å². The first-order valence-electron chi connectivity index (χ1n) is 5.44. The minimum atomic E-state index is -0.308. The molecule has 0 aliphatic heterocycles. The SMILES string of the molecule is CCNc1nc(C2(OC)CCCC2)no1. The summed E-state index contributed by atoms with van der Waals surface area (Å²) >= 11 is 0. The van der Waals surface area contributed by atoms with Crippen molar-refractivity contribution in [2.45, 2.75) is 38.2 Å². The van der Waals surface area contributed by atoms with Crippen molar-refractivity contribution in [2.24, 2.45) is 0 Å². The van der Waals surface area contributed by atoms with Gasteiger partial charge in [0.1, 0.15) is 5.60 Å². The monoisotopic (exact) mass is 211 g/mol. The normalized spacial score (nSPS) is 19.3. The lowest BCUT2D eigenvalue weighted by Crippen LogP contribution is -2.26. The van der Waals surface area contributed by atoms with Gasteiger partial charge in [-0.2, -0.15) is 4.98 Å². The van der Waals surface area contributed by atoms with E-state index < -0.39 is 0 Å². The molecule has 1 aromatic rings. The van der Waals surface area contributed by atoms with Gasteiger partial charge >= 0.3 is 6.01 Å². The summed E-state index contributed by atoms with van der Waals surface area (Å²) in [7, 11) is 1.72. The Balaban J connectivity index is 2.19. The van der Waals surface area contributed by atoms with Crippen LogP contribution in [0.1, 0.15) is 38.4 Å². The van der Waals surface area contributed by atoms with Gasteiger partial charge in [0.15, 0.2) is 0 Å². The fourth-order valence-corrected chi connectivity index (χ4v) is 2.10. The molecule has 0 saturated heterocycles. The van der Waals surface area contributed by atoms with Gasteiger partial charge in [-0.15, -0.1) is 0 Å². The highest BCUT2D eigenvalue weighted by Crippen LogP contribution is 2.40. The zero-order valence-electron chi connectivity index (χ0n) is 9.25. The Bertz CT molecular complexity index is 318. The van der Waals surface area contributed by atoms with Crippen LogP contribution in [0.4, 0.5) is 6.01 Å². The molecule has 0 atom stereocenters. The molecule has 1 N–H and O–H groups in total. The van der Waals surface area contributed by atoms with E-state index in [0.29, 0.717) is 11.8 Å². The van der Waals surface area contributed by atoms with Gasteiger partial charge in [-0.1, -0.05) is 5.16 Å². The molecular formula is C10H17N3O2. The average molecular weight is 211 g/mol. The molecule has 1 aromatic heterocycles. The number of ether oxygens (including phenoxy) is 1. The molecule has 0 radical (unpaired) electrons. The standard InChI is InChI=1S/C10H17N3O2/c1-3-11-9-12-8(13-15-9)10(14-2)6-4-5-7-10/h3-7H2,1-2H3,(H,11,12,13). The van der Waals surface area contributed by atoms with Crippen molar-refractivity contribution in [1.82, 2.24) is 10.1 Å². The highest BCUT2D eigenvalue weighted by atomic mass is 16.5. The molecule has 0 spiro atoms. The summed E-state index contributed by atoms with van der Waals surface area (Å²) in [6.07, 6.45) is 4.29. The molecule has 1 aliphatic carbocycles. The number of nitrogens with zero attached hydrogens (tertiary/aromatic N) is 2. The summed E-state index contributed by atoms with van der Waals surface area (Å²) in [4.78, 5) is 4.31. The molecule has 5 nitrogen and oxygen atoms in total. The quantitative estimate of drug-likeness (QED) is 0.824. The minimum absolute atomic E-state index is 0.308. The first-order chi connectivity index (χ1) is 7.30. The van der Waals surface area contributed by atoms with Crippen molar-refractivity contribution in [3.63, 3.8) is 0 Å². The molecule has 0 unspecified atom stereocenters. The molecule has 1 heterocycles.